The van der Waals surface area contributed by atoms with Gasteiger partial charge in [0.25, 0.3) is 5.56 Å². The second-order valence-corrected chi connectivity index (χ2v) is 17.2. The maximum absolute atomic E-state index is 16.0. The van der Waals surface area contributed by atoms with Crippen LogP contribution in [0.3, 0.4) is 0 Å². The van der Waals surface area contributed by atoms with Crippen molar-refractivity contribution in [2.24, 2.45) is 0 Å². The van der Waals surface area contributed by atoms with E-state index in [4.69, 9.17) is 46.1 Å². The van der Waals surface area contributed by atoms with Gasteiger partial charge in [0, 0.05) is 6.20 Å². The van der Waals surface area contributed by atoms with Gasteiger partial charge in [-0.1, -0.05) is 12.2 Å². The molecule has 2 bridgehead atoms. The number of pyridine rings is 1. The van der Waals surface area contributed by atoms with Gasteiger partial charge in [-0.05, 0) is 17.9 Å². The number of anilines is 2. The number of nitrogens with zero attached hydrogens (tertiary/aromatic N) is 6. The van der Waals surface area contributed by atoms with Crippen LogP contribution in [-0.4, -0.2) is 88.1 Å². The highest BCUT2D eigenvalue weighted by atomic mass is 32.7. The summed E-state index contributed by atoms with van der Waals surface area (Å²) in [5.74, 6) is -0.212. The third-order valence-corrected chi connectivity index (χ3v) is 12.0. The number of fused-ring (bicyclic) bond motifs is 5. The summed E-state index contributed by atoms with van der Waals surface area (Å²) in [7, 11) is 0. The average Bonchev–Trinajstić information content (AvgIpc) is 3.72. The number of imidazole rings is 2. The summed E-state index contributed by atoms with van der Waals surface area (Å²) < 4.78 is 76.0. The molecule has 3 fully saturated rings. The molecule has 0 radical (unpaired) electrons. The first-order chi connectivity index (χ1) is 21.3. The van der Waals surface area contributed by atoms with E-state index in [9.17, 15) is 14.3 Å². The molecule has 0 aliphatic carbocycles. The Bertz CT molecular complexity index is 1950. The number of nitrogens with one attached hydrogen (secondary N) is 1. The molecule has 45 heavy (non-hydrogen) atoms. The van der Waals surface area contributed by atoms with Crippen LogP contribution in [0, 0.1) is 0 Å². The number of thioether (sulfide) groups is 1. The first kappa shape index (κ1) is 31.4. The molecule has 7 rings (SSSR count). The van der Waals surface area contributed by atoms with Gasteiger partial charge < -0.3 is 25.6 Å². The molecular weight excluding hydrogens is 702 g/mol. The van der Waals surface area contributed by atoms with E-state index in [1.165, 1.54) is 34.1 Å². The average molecular weight is 726 g/mol. The Morgan fingerprint density at radius 2 is 1.82 bits per heavy atom. The topological polar surface area (TPSA) is 230 Å². The van der Waals surface area contributed by atoms with Crippen molar-refractivity contribution in [1.29, 1.82) is 0 Å². The quantitative estimate of drug-likeness (QED) is 0.147. The number of aromatic amines is 1. The minimum atomic E-state index is -4.38. The van der Waals surface area contributed by atoms with Gasteiger partial charge in [-0.2, -0.15) is 4.98 Å². The van der Waals surface area contributed by atoms with Crippen molar-refractivity contribution in [1.82, 2.24) is 34.1 Å². The number of ether oxygens (including phenoxy) is 1. The summed E-state index contributed by atoms with van der Waals surface area (Å²) in [5.41, 5.74) is 11.8. The summed E-state index contributed by atoms with van der Waals surface area (Å²) in [6.45, 7) is -9.83. The van der Waals surface area contributed by atoms with E-state index in [0.29, 0.717) is 11.2 Å². The Hall–Kier alpha value is -2.23. The number of rotatable bonds is 2. The van der Waals surface area contributed by atoms with Gasteiger partial charge in [-0.3, -0.25) is 32.5 Å². The van der Waals surface area contributed by atoms with Gasteiger partial charge in [-0.15, -0.1) is 11.8 Å². The zero-order chi connectivity index (χ0) is 31.8. The molecule has 3 aliphatic heterocycles. The van der Waals surface area contributed by atoms with E-state index >= 15 is 8.78 Å². The maximum Gasteiger partial charge on any atom is 0.386 e. The number of hydrogen-bond donors (Lipinski definition) is 5. The van der Waals surface area contributed by atoms with Gasteiger partial charge in [0.1, 0.15) is 35.4 Å². The maximum atomic E-state index is 16.0. The fourth-order valence-corrected chi connectivity index (χ4v) is 9.87. The van der Waals surface area contributed by atoms with Crippen molar-refractivity contribution >= 4 is 83.3 Å². The first-order valence-electron chi connectivity index (χ1n) is 13.0. The van der Waals surface area contributed by atoms with Crippen molar-refractivity contribution < 1.29 is 41.1 Å². The molecule has 0 saturated carbocycles. The standard InChI is InChI=1S/C21H23F2N9O8P2S3/c22-10-9-4-37-42(35,44)39-14-8(38-19(11(14)23)31-5-27-12-7(24)1-2-26-16(12)31)3-36-41(34,43)40-15(10)20(45-9)32-6-28-13-17(32)29-21(25)30-18(13)33/h1-2,5-6,8-11,14-15,19-20H,3-4H2,(H2,24,26)(H,34,43)(H,35,44)(H3,25,29,30,33)/t8-,9-,10+,11+,14-,15-,19-,20-,41?,42?/m1/s1. The van der Waals surface area contributed by atoms with E-state index < -0.39 is 79.8 Å². The van der Waals surface area contributed by atoms with Crippen LogP contribution in [-0.2, 0) is 39.2 Å². The van der Waals surface area contributed by atoms with Gasteiger partial charge in [0.05, 0.1) is 36.8 Å². The van der Waals surface area contributed by atoms with Crippen LogP contribution in [0.4, 0.5) is 20.4 Å². The molecule has 17 nitrogen and oxygen atoms in total. The summed E-state index contributed by atoms with van der Waals surface area (Å²) in [5, 5.41) is -2.13. The third kappa shape index (κ3) is 5.69. The molecule has 4 aromatic heterocycles. The SMILES string of the molecule is Nc1nc2c(ncn2[C@@H]2S[C@@H]3COP(=O)(S)O[C@H]4[C@H](F)[C@H](n5cnc6c(N)ccnc65)O[C@@H]4COP(O)(=S)O[C@@H]2[C@H]3F)c(=O)[nH]1. The van der Waals surface area contributed by atoms with Crippen LogP contribution in [0.5, 0.6) is 0 Å². The molecule has 0 aromatic carbocycles. The predicted octanol–water partition coefficient (Wildman–Crippen LogP) is 1.99. The largest absolute Gasteiger partial charge is 0.397 e. The molecule has 0 spiro atoms. The third-order valence-electron chi connectivity index (χ3n) is 7.34. The summed E-state index contributed by atoms with van der Waals surface area (Å²) in [4.78, 5) is 42.2. The summed E-state index contributed by atoms with van der Waals surface area (Å²) in [6.07, 6.45) is -5.86. The number of aromatic nitrogens is 7. The Morgan fingerprint density at radius 3 is 2.62 bits per heavy atom. The predicted molar refractivity (Wildman–Crippen MR) is 163 cm³/mol. The normalized spacial score (nSPS) is 37.7. The lowest BCUT2D eigenvalue weighted by molar-refractivity contribution is -0.0435. The summed E-state index contributed by atoms with van der Waals surface area (Å²) >= 11 is 10.2. The molecule has 7 heterocycles. The van der Waals surface area contributed by atoms with Crippen LogP contribution < -0.4 is 17.0 Å². The molecule has 0 amide bonds. The van der Waals surface area contributed by atoms with Crippen LogP contribution >= 0.6 is 37.5 Å². The molecule has 242 valence electrons. The minimum absolute atomic E-state index is 0.0121. The van der Waals surface area contributed by atoms with Crippen LogP contribution in [0.2, 0.25) is 0 Å². The van der Waals surface area contributed by atoms with Crippen molar-refractivity contribution in [3.8, 4) is 0 Å². The Morgan fingerprint density at radius 1 is 1.07 bits per heavy atom. The lowest BCUT2D eigenvalue weighted by Gasteiger charge is -2.27. The molecule has 2 unspecified atom stereocenters. The highest BCUT2D eigenvalue weighted by Crippen LogP contribution is 2.60. The van der Waals surface area contributed by atoms with Gasteiger partial charge in [0.2, 0.25) is 5.95 Å². The molecule has 3 saturated heterocycles. The van der Waals surface area contributed by atoms with E-state index in [-0.39, 0.29) is 22.8 Å². The van der Waals surface area contributed by atoms with E-state index in [1.807, 2.05) is 0 Å². The molecule has 6 N–H and O–H groups in total. The zero-order valence-electron chi connectivity index (χ0n) is 22.4. The smallest absolute Gasteiger partial charge is 0.386 e. The highest BCUT2D eigenvalue weighted by Gasteiger charge is 2.53. The van der Waals surface area contributed by atoms with Crippen LogP contribution in [0.15, 0.2) is 29.7 Å². The van der Waals surface area contributed by atoms with E-state index in [2.05, 4.69) is 37.2 Å². The number of nitrogen functional groups attached to an aromatic ring is 2. The fourth-order valence-electron chi connectivity index (χ4n) is 5.32. The molecular formula is C21H23F2N9O8P2S3. The zero-order valence-corrected chi connectivity index (χ0v) is 26.7. The number of alkyl halides is 2. The van der Waals surface area contributed by atoms with E-state index in [1.54, 1.807) is 0 Å². The lowest BCUT2D eigenvalue weighted by atomic mass is 10.1. The van der Waals surface area contributed by atoms with Gasteiger partial charge in [0.15, 0.2) is 29.2 Å². The van der Waals surface area contributed by atoms with Gasteiger partial charge >= 0.3 is 13.5 Å². The molecule has 24 heteroatoms. The Kier molecular flexibility index (Phi) is 8.00. The first-order valence-corrected chi connectivity index (χ1v) is 19.2. The van der Waals surface area contributed by atoms with Crippen molar-refractivity contribution in [3.05, 3.63) is 35.3 Å². The number of H-pyrrole nitrogens is 1. The molecule has 4 aromatic rings. The van der Waals surface area contributed by atoms with Gasteiger partial charge in [-0.25, -0.2) is 28.3 Å². The van der Waals surface area contributed by atoms with E-state index in [0.717, 1.165) is 11.8 Å². The fraction of sp³-hybridized carbons (Fsp3) is 0.476. The number of halogens is 2. The minimum Gasteiger partial charge on any atom is -0.397 e. The Labute approximate surface area is 265 Å². The second kappa shape index (κ2) is 11.5. The Balaban J connectivity index is 1.21. The number of thiol groups is 1. The van der Waals surface area contributed by atoms with Crippen molar-refractivity contribution in [3.63, 3.8) is 0 Å². The second-order valence-electron chi connectivity index (χ2n) is 10.2. The van der Waals surface area contributed by atoms with Crippen LogP contribution in [0.25, 0.3) is 22.3 Å². The summed E-state index contributed by atoms with van der Waals surface area (Å²) in [6, 6.07) is 1.52. The lowest BCUT2D eigenvalue weighted by Crippen LogP contribution is -2.33. The molecule has 3 aliphatic rings. The van der Waals surface area contributed by atoms with Crippen molar-refractivity contribution in [2.45, 2.75) is 47.5 Å². The molecule has 10 atom stereocenters. The number of nitrogens with two attached hydrogens (primary N) is 2. The number of hydrogen-bond acceptors (Lipinski definition) is 15. The monoisotopic (exact) mass is 725 g/mol. The van der Waals surface area contributed by atoms with Crippen LogP contribution in [0.1, 0.15) is 11.6 Å². The van der Waals surface area contributed by atoms with Crippen molar-refractivity contribution in [2.75, 3.05) is 24.7 Å². The highest BCUT2D eigenvalue weighted by molar-refractivity contribution is 8.44.